The van der Waals surface area contributed by atoms with E-state index in [4.69, 9.17) is 11.6 Å². The van der Waals surface area contributed by atoms with Crippen LogP contribution in [0.3, 0.4) is 0 Å². The maximum atomic E-state index is 11.9. The minimum absolute atomic E-state index is 0.0785. The summed E-state index contributed by atoms with van der Waals surface area (Å²) in [6.45, 7) is 3.66. The second-order valence-corrected chi connectivity index (χ2v) is 4.67. The molecule has 2 unspecified atom stereocenters. The smallest absolute Gasteiger partial charge is 0.235 e. The van der Waals surface area contributed by atoms with Gasteiger partial charge in [0.25, 0.3) is 0 Å². The van der Waals surface area contributed by atoms with Gasteiger partial charge in [-0.3, -0.25) is 9.59 Å². The summed E-state index contributed by atoms with van der Waals surface area (Å²) in [4.78, 5) is 23.7. The van der Waals surface area contributed by atoms with E-state index >= 15 is 0 Å². The molecule has 1 aliphatic rings. The number of amides is 1. The lowest BCUT2D eigenvalue weighted by atomic mass is 9.90. The summed E-state index contributed by atoms with van der Waals surface area (Å²) in [6.07, 6.45) is 0. The van der Waals surface area contributed by atoms with Gasteiger partial charge in [-0.05, 0) is 25.0 Å². The molecule has 0 aliphatic carbocycles. The SMILES string of the molecule is Cc1ccc(C2C(=O)NC(C)C2=O)c(CCl)c1. The van der Waals surface area contributed by atoms with E-state index in [2.05, 4.69) is 5.32 Å². The highest BCUT2D eigenvalue weighted by Gasteiger charge is 2.40. The van der Waals surface area contributed by atoms with Crippen molar-refractivity contribution in [3.63, 3.8) is 0 Å². The van der Waals surface area contributed by atoms with E-state index in [9.17, 15) is 9.59 Å². The van der Waals surface area contributed by atoms with Gasteiger partial charge < -0.3 is 5.32 Å². The number of benzene rings is 1. The number of aryl methyl sites for hydroxylation is 1. The standard InChI is InChI=1S/C13H14ClNO2/c1-7-3-4-10(9(5-7)6-14)11-12(16)8(2)15-13(11)17/h3-5,8,11H,6H2,1-2H3,(H,15,17). The van der Waals surface area contributed by atoms with E-state index < -0.39 is 12.0 Å². The first-order valence-corrected chi connectivity index (χ1v) is 6.07. The van der Waals surface area contributed by atoms with E-state index in [1.54, 1.807) is 6.92 Å². The zero-order chi connectivity index (χ0) is 12.6. The van der Waals surface area contributed by atoms with Crippen LogP contribution in [-0.2, 0) is 15.5 Å². The summed E-state index contributed by atoms with van der Waals surface area (Å²) in [5.41, 5.74) is 2.66. The minimum atomic E-state index is -0.695. The van der Waals surface area contributed by atoms with Crippen molar-refractivity contribution in [3.05, 3.63) is 34.9 Å². The molecule has 4 heteroatoms. The van der Waals surface area contributed by atoms with Gasteiger partial charge in [-0.2, -0.15) is 0 Å². The lowest BCUT2D eigenvalue weighted by Gasteiger charge is -2.12. The Kier molecular flexibility index (Phi) is 3.20. The zero-order valence-electron chi connectivity index (χ0n) is 9.79. The topological polar surface area (TPSA) is 46.2 Å². The number of ketones is 1. The molecule has 1 amide bonds. The molecule has 1 aromatic carbocycles. The fourth-order valence-corrected chi connectivity index (χ4v) is 2.40. The van der Waals surface area contributed by atoms with Crippen LogP contribution >= 0.6 is 11.6 Å². The third-order valence-electron chi connectivity index (χ3n) is 3.09. The summed E-state index contributed by atoms with van der Waals surface area (Å²) in [7, 11) is 0. The van der Waals surface area contributed by atoms with Crippen LogP contribution in [0, 0.1) is 6.92 Å². The molecule has 1 heterocycles. The van der Waals surface area contributed by atoms with E-state index in [0.717, 1.165) is 16.7 Å². The quantitative estimate of drug-likeness (QED) is 0.645. The number of carbonyl (C=O) groups is 2. The van der Waals surface area contributed by atoms with Gasteiger partial charge in [0.05, 0.1) is 6.04 Å². The molecule has 0 saturated carbocycles. The molecule has 1 fully saturated rings. The van der Waals surface area contributed by atoms with Crippen LogP contribution in [0.15, 0.2) is 18.2 Å². The first kappa shape index (κ1) is 12.1. The normalized spacial score (nSPS) is 23.9. The molecule has 2 atom stereocenters. The van der Waals surface area contributed by atoms with Gasteiger partial charge >= 0.3 is 0 Å². The van der Waals surface area contributed by atoms with Gasteiger partial charge in [-0.25, -0.2) is 0 Å². The molecule has 1 aliphatic heterocycles. The number of halogens is 1. The first-order valence-electron chi connectivity index (χ1n) is 5.54. The fraction of sp³-hybridized carbons (Fsp3) is 0.385. The fourth-order valence-electron chi connectivity index (χ4n) is 2.17. The highest BCUT2D eigenvalue weighted by Crippen LogP contribution is 2.28. The number of hydrogen-bond donors (Lipinski definition) is 1. The maximum Gasteiger partial charge on any atom is 0.235 e. The second-order valence-electron chi connectivity index (χ2n) is 4.40. The summed E-state index contributed by atoms with van der Waals surface area (Å²) in [5.74, 6) is -0.690. The Labute approximate surface area is 105 Å². The van der Waals surface area contributed by atoms with Crippen molar-refractivity contribution in [1.82, 2.24) is 5.32 Å². The lowest BCUT2D eigenvalue weighted by molar-refractivity contribution is -0.124. The highest BCUT2D eigenvalue weighted by molar-refractivity contribution is 6.18. The monoisotopic (exact) mass is 251 g/mol. The van der Waals surface area contributed by atoms with Crippen LogP contribution in [-0.4, -0.2) is 17.7 Å². The van der Waals surface area contributed by atoms with Gasteiger partial charge in [0.2, 0.25) is 5.91 Å². The highest BCUT2D eigenvalue weighted by atomic mass is 35.5. The van der Waals surface area contributed by atoms with Crippen molar-refractivity contribution < 1.29 is 9.59 Å². The van der Waals surface area contributed by atoms with Gasteiger partial charge in [-0.1, -0.05) is 23.8 Å². The molecule has 2 rings (SSSR count). The molecule has 1 N–H and O–H groups in total. The van der Waals surface area contributed by atoms with E-state index in [0.29, 0.717) is 5.88 Å². The zero-order valence-corrected chi connectivity index (χ0v) is 10.5. The van der Waals surface area contributed by atoms with Gasteiger partial charge in [0, 0.05) is 5.88 Å². The van der Waals surface area contributed by atoms with Crippen molar-refractivity contribution in [2.45, 2.75) is 31.7 Å². The molecule has 3 nitrogen and oxygen atoms in total. The number of Topliss-reactive ketones (excluding diaryl/α,β-unsaturated/α-hetero) is 1. The van der Waals surface area contributed by atoms with Crippen molar-refractivity contribution in [2.75, 3.05) is 0 Å². The predicted molar refractivity (Wildman–Crippen MR) is 66.1 cm³/mol. The molecular formula is C13H14ClNO2. The molecule has 1 aromatic rings. The van der Waals surface area contributed by atoms with Crippen molar-refractivity contribution >= 4 is 23.3 Å². The maximum absolute atomic E-state index is 11.9. The van der Waals surface area contributed by atoms with Crippen molar-refractivity contribution in [3.8, 4) is 0 Å². The Morgan fingerprint density at radius 3 is 2.59 bits per heavy atom. The molecular weight excluding hydrogens is 238 g/mol. The number of alkyl halides is 1. The van der Waals surface area contributed by atoms with Crippen LogP contribution in [0.2, 0.25) is 0 Å². The number of rotatable bonds is 2. The Hall–Kier alpha value is -1.35. The Balaban J connectivity index is 2.47. The Morgan fingerprint density at radius 1 is 1.35 bits per heavy atom. The van der Waals surface area contributed by atoms with Crippen molar-refractivity contribution in [2.24, 2.45) is 0 Å². The second kappa shape index (κ2) is 4.49. The lowest BCUT2D eigenvalue weighted by Crippen LogP contribution is -2.25. The third-order valence-corrected chi connectivity index (χ3v) is 3.37. The van der Waals surface area contributed by atoms with Crippen LogP contribution in [0.1, 0.15) is 29.5 Å². The molecule has 0 radical (unpaired) electrons. The van der Waals surface area contributed by atoms with E-state index in [-0.39, 0.29) is 11.7 Å². The summed E-state index contributed by atoms with van der Waals surface area (Å²) in [5, 5.41) is 2.65. The number of nitrogens with one attached hydrogen (secondary N) is 1. The predicted octanol–water partition coefficient (Wildman–Crippen LogP) is 1.90. The van der Waals surface area contributed by atoms with E-state index in [1.165, 1.54) is 0 Å². The van der Waals surface area contributed by atoms with Crippen LogP contribution in [0.5, 0.6) is 0 Å². The largest absolute Gasteiger partial charge is 0.346 e. The first-order chi connectivity index (χ1) is 8.04. The van der Waals surface area contributed by atoms with Crippen LogP contribution < -0.4 is 5.32 Å². The molecule has 17 heavy (non-hydrogen) atoms. The van der Waals surface area contributed by atoms with Gasteiger partial charge in [0.1, 0.15) is 5.92 Å². The summed E-state index contributed by atoms with van der Waals surface area (Å²) >= 11 is 5.87. The van der Waals surface area contributed by atoms with Crippen molar-refractivity contribution in [1.29, 1.82) is 0 Å². The minimum Gasteiger partial charge on any atom is -0.346 e. The number of carbonyl (C=O) groups excluding carboxylic acids is 2. The summed E-state index contributed by atoms with van der Waals surface area (Å²) < 4.78 is 0. The van der Waals surface area contributed by atoms with Gasteiger partial charge in [-0.15, -0.1) is 11.6 Å². The van der Waals surface area contributed by atoms with Crippen LogP contribution in [0.4, 0.5) is 0 Å². The van der Waals surface area contributed by atoms with Gasteiger partial charge in [0.15, 0.2) is 5.78 Å². The third kappa shape index (κ3) is 2.07. The van der Waals surface area contributed by atoms with Crippen LogP contribution in [0.25, 0.3) is 0 Å². The van der Waals surface area contributed by atoms with E-state index in [1.807, 2.05) is 25.1 Å². The molecule has 0 spiro atoms. The average molecular weight is 252 g/mol. The average Bonchev–Trinajstić information content (AvgIpc) is 2.54. The molecule has 0 bridgehead atoms. The summed E-state index contributed by atoms with van der Waals surface area (Å²) in [6, 6.07) is 5.24. The Bertz CT molecular complexity index is 484. The molecule has 0 aromatic heterocycles. The number of hydrogen-bond acceptors (Lipinski definition) is 2. The molecule has 90 valence electrons. The Morgan fingerprint density at radius 2 is 2.06 bits per heavy atom. The molecule has 1 saturated heterocycles.